The highest BCUT2D eigenvalue weighted by Crippen LogP contribution is 2.30. The first-order valence-corrected chi connectivity index (χ1v) is 13.7. The van der Waals surface area contributed by atoms with Crippen molar-refractivity contribution in [1.29, 1.82) is 0 Å². The lowest BCUT2D eigenvalue weighted by Gasteiger charge is -2.34. The maximum absolute atomic E-state index is 12.1. The molecular formula is C28H42N8O2. The molecule has 0 bridgehead atoms. The summed E-state index contributed by atoms with van der Waals surface area (Å²) in [5, 5.41) is 6.25. The van der Waals surface area contributed by atoms with Gasteiger partial charge in [-0.2, -0.15) is 0 Å². The first-order valence-electron chi connectivity index (χ1n) is 13.7. The van der Waals surface area contributed by atoms with E-state index in [4.69, 9.17) is 10.7 Å². The van der Waals surface area contributed by atoms with Crippen LogP contribution < -0.4 is 21.3 Å². The fourth-order valence-electron chi connectivity index (χ4n) is 5.35. The molecule has 1 aromatic carbocycles. The molecule has 0 saturated carbocycles. The minimum absolute atomic E-state index is 0.0914. The van der Waals surface area contributed by atoms with Gasteiger partial charge in [-0.1, -0.05) is 12.1 Å². The highest BCUT2D eigenvalue weighted by molar-refractivity contribution is 5.96. The zero-order chi connectivity index (χ0) is 27.2. The van der Waals surface area contributed by atoms with Crippen molar-refractivity contribution >= 4 is 29.3 Å². The molecule has 38 heavy (non-hydrogen) atoms. The van der Waals surface area contributed by atoms with Gasteiger partial charge in [0, 0.05) is 45.5 Å². The fourth-order valence-corrected chi connectivity index (χ4v) is 5.35. The Kier molecular flexibility index (Phi) is 9.04. The number of carbonyl (C=O) groups excluding carboxylic acids is 2. The second-order valence-electron chi connectivity index (χ2n) is 11.0. The molecule has 2 aliphatic heterocycles. The molecule has 0 aliphatic carbocycles. The third-order valence-electron chi connectivity index (χ3n) is 7.69. The molecule has 10 heteroatoms. The van der Waals surface area contributed by atoms with E-state index in [9.17, 15) is 9.59 Å². The van der Waals surface area contributed by atoms with Crippen LogP contribution in [0.3, 0.4) is 0 Å². The van der Waals surface area contributed by atoms with Crippen LogP contribution >= 0.6 is 0 Å². The third kappa shape index (κ3) is 6.92. The van der Waals surface area contributed by atoms with Gasteiger partial charge in [0.25, 0.3) is 5.91 Å². The van der Waals surface area contributed by atoms with Gasteiger partial charge in [-0.3, -0.25) is 4.79 Å². The Hall–Kier alpha value is -3.40. The van der Waals surface area contributed by atoms with E-state index >= 15 is 0 Å². The Labute approximate surface area is 226 Å². The Morgan fingerprint density at radius 1 is 1.11 bits per heavy atom. The summed E-state index contributed by atoms with van der Waals surface area (Å²) < 4.78 is 0. The lowest BCUT2D eigenvalue weighted by Crippen LogP contribution is -2.43. The number of amides is 3. The largest absolute Gasteiger partial charge is 0.364 e. The topological polar surface area (TPSA) is 120 Å². The van der Waals surface area contributed by atoms with E-state index in [0.29, 0.717) is 36.1 Å². The number of primary amides is 1. The van der Waals surface area contributed by atoms with Crippen LogP contribution in [0.1, 0.15) is 61.5 Å². The second-order valence-corrected chi connectivity index (χ2v) is 11.0. The van der Waals surface area contributed by atoms with Gasteiger partial charge in [0.15, 0.2) is 11.5 Å². The SMILES string of the molecule is CC(C)N1CCC(c2ccc(Nc3nc(N4CCCC(CNC(=O)N(C)C)C4)cnc3C(N)=O)cc2)CC1. The highest BCUT2D eigenvalue weighted by atomic mass is 16.2. The van der Waals surface area contributed by atoms with E-state index in [1.54, 1.807) is 20.3 Å². The standard InChI is InChI=1S/C28H42N8O2/c1-19(2)35-14-11-22(12-15-35)21-7-9-23(10-8-21)32-27-25(26(29)37)30-17-24(33-27)36-13-5-6-20(18-36)16-31-28(38)34(3)4/h7-10,17,19-20,22H,5-6,11-16,18H2,1-4H3,(H2,29,37)(H,31,38)(H,32,33). The number of anilines is 3. The summed E-state index contributed by atoms with van der Waals surface area (Å²) in [6.45, 7) is 8.98. The average Bonchev–Trinajstić information content (AvgIpc) is 2.92. The molecule has 0 spiro atoms. The molecule has 2 fully saturated rings. The second kappa shape index (κ2) is 12.4. The van der Waals surface area contributed by atoms with Gasteiger partial charge >= 0.3 is 6.03 Å². The number of nitrogens with one attached hydrogen (secondary N) is 2. The molecular weight excluding hydrogens is 480 g/mol. The van der Waals surface area contributed by atoms with E-state index < -0.39 is 5.91 Å². The van der Waals surface area contributed by atoms with Crippen molar-refractivity contribution in [2.45, 2.75) is 51.5 Å². The van der Waals surface area contributed by atoms with Gasteiger partial charge in [0.05, 0.1) is 6.20 Å². The van der Waals surface area contributed by atoms with E-state index in [0.717, 1.165) is 44.7 Å². The molecule has 3 heterocycles. The number of likely N-dealkylation sites (tertiary alicyclic amines) is 1. The number of hydrogen-bond acceptors (Lipinski definition) is 7. The lowest BCUT2D eigenvalue weighted by molar-refractivity contribution is 0.0996. The van der Waals surface area contributed by atoms with Gasteiger partial charge in [0.1, 0.15) is 5.82 Å². The van der Waals surface area contributed by atoms with E-state index in [1.807, 2.05) is 12.1 Å². The predicted octanol–water partition coefficient (Wildman–Crippen LogP) is 3.39. The van der Waals surface area contributed by atoms with Crippen LogP contribution in [0.4, 0.5) is 22.1 Å². The van der Waals surface area contributed by atoms with E-state index in [2.05, 4.69) is 51.4 Å². The first kappa shape index (κ1) is 27.6. The Morgan fingerprint density at radius 3 is 2.45 bits per heavy atom. The minimum Gasteiger partial charge on any atom is -0.364 e. The van der Waals surface area contributed by atoms with E-state index in [-0.39, 0.29) is 11.7 Å². The van der Waals surface area contributed by atoms with Crippen molar-refractivity contribution in [2.75, 3.05) is 57.0 Å². The number of nitrogens with two attached hydrogens (primary N) is 1. The van der Waals surface area contributed by atoms with E-state index in [1.165, 1.54) is 23.3 Å². The van der Waals surface area contributed by atoms with Gasteiger partial charge < -0.3 is 31.1 Å². The summed E-state index contributed by atoms with van der Waals surface area (Å²) in [5.41, 5.74) is 7.92. The number of benzene rings is 1. The molecule has 4 rings (SSSR count). The molecule has 10 nitrogen and oxygen atoms in total. The molecule has 0 radical (unpaired) electrons. The molecule has 3 amide bonds. The van der Waals surface area contributed by atoms with Crippen molar-refractivity contribution in [3.05, 3.63) is 41.7 Å². The van der Waals surface area contributed by atoms with Crippen molar-refractivity contribution in [1.82, 2.24) is 25.1 Å². The Morgan fingerprint density at radius 2 is 1.82 bits per heavy atom. The normalized spacial score (nSPS) is 18.9. The Bertz CT molecular complexity index is 1100. The number of aromatic nitrogens is 2. The smallest absolute Gasteiger partial charge is 0.316 e. The summed E-state index contributed by atoms with van der Waals surface area (Å²) in [7, 11) is 3.47. The quantitative estimate of drug-likeness (QED) is 0.486. The van der Waals surface area contributed by atoms with Crippen molar-refractivity contribution in [3.8, 4) is 0 Å². The van der Waals surface area contributed by atoms with Crippen molar-refractivity contribution in [2.24, 2.45) is 11.7 Å². The lowest BCUT2D eigenvalue weighted by atomic mass is 9.89. The number of carbonyl (C=O) groups is 2. The summed E-state index contributed by atoms with van der Waals surface area (Å²) in [5.74, 6) is 1.30. The van der Waals surface area contributed by atoms with Crippen molar-refractivity contribution in [3.63, 3.8) is 0 Å². The number of nitrogens with zero attached hydrogens (tertiary/aromatic N) is 5. The van der Waals surface area contributed by atoms with Crippen LogP contribution in [0, 0.1) is 5.92 Å². The zero-order valence-corrected chi connectivity index (χ0v) is 23.1. The molecule has 2 saturated heterocycles. The highest BCUT2D eigenvalue weighted by Gasteiger charge is 2.24. The van der Waals surface area contributed by atoms with Crippen LogP contribution in [-0.2, 0) is 0 Å². The van der Waals surface area contributed by atoms with Crippen molar-refractivity contribution < 1.29 is 9.59 Å². The fraction of sp³-hybridized carbons (Fsp3) is 0.571. The molecule has 1 aromatic heterocycles. The van der Waals surface area contributed by atoms with Crippen LogP contribution in [0.5, 0.6) is 0 Å². The molecule has 2 aliphatic rings. The van der Waals surface area contributed by atoms with Gasteiger partial charge in [0.2, 0.25) is 0 Å². The molecule has 1 unspecified atom stereocenters. The van der Waals surface area contributed by atoms with Gasteiger partial charge in [-0.25, -0.2) is 14.8 Å². The van der Waals surface area contributed by atoms with Gasteiger partial charge in [-0.05, 0) is 82.2 Å². The maximum atomic E-state index is 12.1. The predicted molar refractivity (Wildman–Crippen MR) is 151 cm³/mol. The molecule has 4 N–H and O–H groups in total. The molecule has 2 aromatic rings. The van der Waals surface area contributed by atoms with Crippen LogP contribution in [0.25, 0.3) is 0 Å². The molecule has 1 atom stereocenters. The van der Waals surface area contributed by atoms with Crippen LogP contribution in [-0.4, -0.2) is 84.6 Å². The minimum atomic E-state index is -0.622. The number of rotatable bonds is 8. The van der Waals surface area contributed by atoms with Gasteiger partial charge in [-0.15, -0.1) is 0 Å². The van der Waals surface area contributed by atoms with Crippen LogP contribution in [0.15, 0.2) is 30.5 Å². The summed E-state index contributed by atoms with van der Waals surface area (Å²) in [4.78, 5) is 39.4. The first-order chi connectivity index (χ1) is 18.2. The number of hydrogen-bond donors (Lipinski definition) is 3. The molecule has 206 valence electrons. The average molecular weight is 523 g/mol. The number of piperidine rings is 2. The third-order valence-corrected chi connectivity index (χ3v) is 7.69. The van der Waals surface area contributed by atoms with Crippen LogP contribution in [0.2, 0.25) is 0 Å². The summed E-state index contributed by atoms with van der Waals surface area (Å²) >= 11 is 0. The maximum Gasteiger partial charge on any atom is 0.316 e. The summed E-state index contributed by atoms with van der Waals surface area (Å²) in [6, 6.07) is 8.90. The summed E-state index contributed by atoms with van der Waals surface area (Å²) in [6.07, 6.45) is 5.96. The monoisotopic (exact) mass is 522 g/mol. The number of urea groups is 1. The zero-order valence-electron chi connectivity index (χ0n) is 23.1. The Balaban J connectivity index is 1.43.